The van der Waals surface area contributed by atoms with Crippen molar-refractivity contribution in [3.63, 3.8) is 0 Å². The van der Waals surface area contributed by atoms with Crippen molar-refractivity contribution in [1.29, 1.82) is 5.26 Å². The highest BCUT2D eigenvalue weighted by molar-refractivity contribution is 5.93. The molecule has 11 heteroatoms. The minimum absolute atomic E-state index is 0.167. The Bertz CT molecular complexity index is 1110. The van der Waals surface area contributed by atoms with Crippen molar-refractivity contribution in [2.24, 2.45) is 5.92 Å². The molecule has 2 aromatic rings. The standard InChI is InChI=1S/C24H31N5O6/c1-2-6-19(31)28-23-16-9-10-18(29(16)27-14-26-23)24(13-25)22(33)21(17(12-30)35-24)34-20(32)11-15-7-4-3-5-8-15/h9-10,14-15,17,21-22,30,33H,2-8,11-12H2,1H3,(H,26,27,28,31)/t17-,21-,22-,24+/m1/s1. The number of aliphatic hydroxyl groups excluding tert-OH is 2. The number of hydrogen-bond donors (Lipinski definition) is 3. The molecule has 0 aromatic carbocycles. The van der Waals surface area contributed by atoms with Crippen LogP contribution in [0.1, 0.15) is 64.0 Å². The van der Waals surface area contributed by atoms with E-state index in [2.05, 4.69) is 15.4 Å². The zero-order chi connectivity index (χ0) is 25.0. The van der Waals surface area contributed by atoms with Crippen LogP contribution in [0.3, 0.4) is 0 Å². The number of aliphatic hydroxyl groups is 2. The topological polar surface area (TPSA) is 159 Å². The van der Waals surface area contributed by atoms with Crippen molar-refractivity contribution >= 4 is 23.2 Å². The van der Waals surface area contributed by atoms with Crippen molar-refractivity contribution < 1.29 is 29.3 Å². The number of ether oxygens (including phenoxy) is 2. The zero-order valence-electron chi connectivity index (χ0n) is 19.7. The van der Waals surface area contributed by atoms with E-state index in [1.165, 1.54) is 16.9 Å². The summed E-state index contributed by atoms with van der Waals surface area (Å²) in [7, 11) is 0. The van der Waals surface area contributed by atoms with Gasteiger partial charge in [0, 0.05) is 12.8 Å². The Balaban J connectivity index is 1.60. The number of rotatable bonds is 8. The van der Waals surface area contributed by atoms with Gasteiger partial charge >= 0.3 is 5.97 Å². The highest BCUT2D eigenvalue weighted by Gasteiger charge is 2.59. The summed E-state index contributed by atoms with van der Waals surface area (Å²) in [6, 6.07) is 5.14. The Morgan fingerprint density at radius 1 is 1.34 bits per heavy atom. The summed E-state index contributed by atoms with van der Waals surface area (Å²) >= 11 is 0. The summed E-state index contributed by atoms with van der Waals surface area (Å²) in [6.07, 6.45) is 3.75. The first-order valence-corrected chi connectivity index (χ1v) is 12.1. The van der Waals surface area contributed by atoms with E-state index >= 15 is 0 Å². The molecule has 0 bridgehead atoms. The molecule has 0 unspecified atom stereocenters. The average Bonchev–Trinajstić information content (AvgIpc) is 3.40. The Kier molecular flexibility index (Phi) is 7.64. The van der Waals surface area contributed by atoms with E-state index in [9.17, 15) is 25.1 Å². The number of anilines is 1. The lowest BCUT2D eigenvalue weighted by Gasteiger charge is -2.25. The molecule has 1 saturated carbocycles. The Morgan fingerprint density at radius 2 is 2.11 bits per heavy atom. The van der Waals surface area contributed by atoms with Gasteiger partial charge < -0.3 is 25.0 Å². The molecular weight excluding hydrogens is 454 g/mol. The van der Waals surface area contributed by atoms with Crippen LogP contribution in [0.5, 0.6) is 0 Å². The number of fused-ring (bicyclic) bond motifs is 1. The van der Waals surface area contributed by atoms with Crippen molar-refractivity contribution in [3.05, 3.63) is 24.2 Å². The Hall–Kier alpha value is -3.07. The van der Waals surface area contributed by atoms with Gasteiger partial charge in [-0.25, -0.2) is 9.50 Å². The van der Waals surface area contributed by atoms with Crippen LogP contribution in [0.4, 0.5) is 5.82 Å². The SMILES string of the molecule is CCCC(=O)Nc1ncnn2c([C@]3(C#N)O[C@H](CO)[C@@H](OC(=O)CC4CCCCC4)[C@H]3O)ccc12. The molecule has 3 heterocycles. The quantitative estimate of drug-likeness (QED) is 0.474. The van der Waals surface area contributed by atoms with Gasteiger partial charge in [-0.1, -0.05) is 26.2 Å². The molecule has 1 amide bonds. The highest BCUT2D eigenvalue weighted by Crippen LogP contribution is 2.42. The zero-order valence-corrected chi connectivity index (χ0v) is 19.7. The van der Waals surface area contributed by atoms with Crippen LogP contribution < -0.4 is 5.32 Å². The summed E-state index contributed by atoms with van der Waals surface area (Å²) < 4.78 is 12.8. The van der Waals surface area contributed by atoms with E-state index in [1.54, 1.807) is 6.07 Å². The van der Waals surface area contributed by atoms with Crippen molar-refractivity contribution in [2.75, 3.05) is 11.9 Å². The second-order valence-electron chi connectivity index (χ2n) is 9.22. The van der Waals surface area contributed by atoms with Gasteiger partial charge in [-0.2, -0.15) is 10.4 Å². The second kappa shape index (κ2) is 10.7. The van der Waals surface area contributed by atoms with Crippen LogP contribution in [-0.4, -0.2) is 61.6 Å². The largest absolute Gasteiger partial charge is 0.457 e. The lowest BCUT2D eigenvalue weighted by molar-refractivity contribution is -0.158. The lowest BCUT2D eigenvalue weighted by Crippen LogP contribution is -2.43. The van der Waals surface area contributed by atoms with Crippen LogP contribution in [0.25, 0.3) is 5.52 Å². The fourth-order valence-electron chi connectivity index (χ4n) is 5.01. The number of carbonyl (C=O) groups excluding carboxylic acids is 2. The third-order valence-corrected chi connectivity index (χ3v) is 6.79. The molecule has 1 aliphatic heterocycles. The number of carbonyl (C=O) groups is 2. The molecular formula is C24H31N5O6. The van der Waals surface area contributed by atoms with E-state index < -0.39 is 36.5 Å². The first kappa shape index (κ1) is 25.0. The van der Waals surface area contributed by atoms with Crippen LogP contribution >= 0.6 is 0 Å². The van der Waals surface area contributed by atoms with Crippen LogP contribution in [0.2, 0.25) is 0 Å². The van der Waals surface area contributed by atoms with E-state index in [-0.39, 0.29) is 29.8 Å². The van der Waals surface area contributed by atoms with Crippen LogP contribution in [0.15, 0.2) is 18.5 Å². The number of esters is 1. The van der Waals surface area contributed by atoms with Gasteiger partial charge in [0.2, 0.25) is 11.5 Å². The summed E-state index contributed by atoms with van der Waals surface area (Å²) in [5, 5.41) is 38.2. The maximum Gasteiger partial charge on any atom is 0.306 e. The van der Waals surface area contributed by atoms with Crippen LogP contribution in [0, 0.1) is 17.2 Å². The molecule has 4 atom stereocenters. The average molecular weight is 486 g/mol. The molecule has 2 aromatic heterocycles. The number of nitriles is 1. The minimum Gasteiger partial charge on any atom is -0.457 e. The molecule has 2 fully saturated rings. The van der Waals surface area contributed by atoms with Crippen molar-refractivity contribution in [3.8, 4) is 6.07 Å². The molecule has 1 aliphatic carbocycles. The van der Waals surface area contributed by atoms with Gasteiger partial charge in [0.05, 0.1) is 12.3 Å². The predicted octanol–water partition coefficient (Wildman–Crippen LogP) is 1.82. The van der Waals surface area contributed by atoms with Crippen LogP contribution in [-0.2, 0) is 24.7 Å². The van der Waals surface area contributed by atoms with Crippen molar-refractivity contribution in [1.82, 2.24) is 14.6 Å². The van der Waals surface area contributed by atoms with Gasteiger partial charge in [-0.15, -0.1) is 0 Å². The van der Waals surface area contributed by atoms with E-state index in [0.29, 0.717) is 18.4 Å². The molecule has 11 nitrogen and oxygen atoms in total. The van der Waals surface area contributed by atoms with Gasteiger partial charge in [0.1, 0.15) is 30.1 Å². The van der Waals surface area contributed by atoms with E-state index in [1.807, 2.05) is 13.0 Å². The Labute approximate surface area is 203 Å². The predicted molar refractivity (Wildman–Crippen MR) is 123 cm³/mol. The molecule has 0 spiro atoms. The summed E-state index contributed by atoms with van der Waals surface area (Å²) in [5.74, 6) is -0.218. The molecule has 1 saturated heterocycles. The first-order valence-electron chi connectivity index (χ1n) is 12.1. The smallest absolute Gasteiger partial charge is 0.306 e. The number of amides is 1. The molecule has 0 radical (unpaired) electrons. The fraction of sp³-hybridized carbons (Fsp3) is 0.625. The third-order valence-electron chi connectivity index (χ3n) is 6.79. The summed E-state index contributed by atoms with van der Waals surface area (Å²) in [6.45, 7) is 1.33. The lowest BCUT2D eigenvalue weighted by atomic mass is 9.87. The first-order chi connectivity index (χ1) is 16.9. The molecule has 3 N–H and O–H groups in total. The van der Waals surface area contributed by atoms with E-state index in [0.717, 1.165) is 32.1 Å². The minimum atomic E-state index is -1.96. The second-order valence-corrected chi connectivity index (χ2v) is 9.22. The normalized spacial score (nSPS) is 27.0. The van der Waals surface area contributed by atoms with Gasteiger partial charge in [-0.3, -0.25) is 9.59 Å². The molecule has 188 valence electrons. The molecule has 2 aliphatic rings. The molecule has 4 rings (SSSR count). The van der Waals surface area contributed by atoms with Gasteiger partial charge in [0.15, 0.2) is 11.9 Å². The maximum absolute atomic E-state index is 12.7. The van der Waals surface area contributed by atoms with E-state index in [4.69, 9.17) is 9.47 Å². The maximum atomic E-state index is 12.7. The summed E-state index contributed by atoms with van der Waals surface area (Å²) in [4.78, 5) is 28.9. The molecule has 35 heavy (non-hydrogen) atoms. The van der Waals surface area contributed by atoms with Crippen molar-refractivity contribution in [2.45, 2.75) is 82.2 Å². The number of hydrogen-bond acceptors (Lipinski definition) is 9. The fourth-order valence-corrected chi connectivity index (χ4v) is 5.01. The highest BCUT2D eigenvalue weighted by atomic mass is 16.6. The van der Waals surface area contributed by atoms with Gasteiger partial charge in [-0.05, 0) is 37.3 Å². The number of nitrogens with one attached hydrogen (secondary N) is 1. The third kappa shape index (κ3) is 4.87. The summed E-state index contributed by atoms with van der Waals surface area (Å²) in [5.41, 5.74) is -1.40. The number of nitrogens with zero attached hydrogens (tertiary/aromatic N) is 4. The number of aromatic nitrogens is 3. The van der Waals surface area contributed by atoms with Gasteiger partial charge in [0.25, 0.3) is 0 Å². The monoisotopic (exact) mass is 485 g/mol. The Morgan fingerprint density at radius 3 is 2.80 bits per heavy atom.